The predicted molar refractivity (Wildman–Crippen MR) is 86.4 cm³/mol. The molecule has 0 fully saturated rings. The zero-order chi connectivity index (χ0) is 16.8. The largest absolute Gasteiger partial charge is 0.354 e. The fourth-order valence-corrected chi connectivity index (χ4v) is 3.19. The van der Waals surface area contributed by atoms with Crippen LogP contribution in [-0.4, -0.2) is 22.4 Å². The summed E-state index contributed by atoms with van der Waals surface area (Å²) in [5, 5.41) is 14.3. The van der Waals surface area contributed by atoms with Crippen molar-refractivity contribution in [3.63, 3.8) is 0 Å². The normalized spacial score (nSPS) is 13.6. The number of aromatic nitrogens is 1. The molecule has 6 nitrogen and oxygen atoms in total. The number of nitrogens with one attached hydrogen (secondary N) is 2. The number of carbonyl (C=O) groups is 1. The van der Waals surface area contributed by atoms with Gasteiger partial charge in [0.1, 0.15) is 5.82 Å². The molecule has 0 saturated heterocycles. The summed E-state index contributed by atoms with van der Waals surface area (Å²) in [5.41, 5.74) is 3.28. The van der Waals surface area contributed by atoms with Crippen LogP contribution >= 0.6 is 0 Å². The van der Waals surface area contributed by atoms with Crippen molar-refractivity contribution in [1.82, 2.24) is 10.3 Å². The highest BCUT2D eigenvalue weighted by molar-refractivity contribution is 6.10. The summed E-state index contributed by atoms with van der Waals surface area (Å²) in [6.45, 7) is 0.446. The SMILES string of the molecule is O=C1NCCc2c(-c3ccc([N+](=O)[O-])cc3)[nH]c3cc(F)cc1c23. The van der Waals surface area contributed by atoms with Gasteiger partial charge in [-0.15, -0.1) is 0 Å². The summed E-state index contributed by atoms with van der Waals surface area (Å²) in [5.74, 6) is -0.787. The standard InChI is InChI=1S/C17H12FN3O3/c18-10-7-13-15-12(5-6-19-17(13)22)16(20-14(15)8-10)9-1-3-11(4-2-9)21(23)24/h1-4,7-8,20H,5-6H2,(H,19,22). The van der Waals surface area contributed by atoms with E-state index in [9.17, 15) is 19.3 Å². The van der Waals surface area contributed by atoms with Crippen LogP contribution in [0.4, 0.5) is 10.1 Å². The zero-order valence-electron chi connectivity index (χ0n) is 12.4. The Morgan fingerprint density at radius 3 is 2.62 bits per heavy atom. The molecule has 24 heavy (non-hydrogen) atoms. The smallest absolute Gasteiger partial charge is 0.269 e. The Kier molecular flexibility index (Phi) is 3.09. The Morgan fingerprint density at radius 1 is 1.17 bits per heavy atom. The number of halogens is 1. The maximum absolute atomic E-state index is 13.8. The number of H-pyrrole nitrogens is 1. The predicted octanol–water partition coefficient (Wildman–Crippen LogP) is 3.17. The van der Waals surface area contributed by atoms with Crippen molar-refractivity contribution >= 4 is 22.5 Å². The topological polar surface area (TPSA) is 88.0 Å². The van der Waals surface area contributed by atoms with Gasteiger partial charge in [0.25, 0.3) is 11.6 Å². The number of carbonyl (C=O) groups excluding carboxylic acids is 1. The minimum Gasteiger partial charge on any atom is -0.354 e. The summed E-state index contributed by atoms with van der Waals surface area (Å²) >= 11 is 0. The molecule has 2 heterocycles. The highest BCUT2D eigenvalue weighted by Gasteiger charge is 2.23. The van der Waals surface area contributed by atoms with E-state index in [4.69, 9.17) is 0 Å². The molecule has 0 aliphatic carbocycles. The van der Waals surface area contributed by atoms with Crippen molar-refractivity contribution in [2.75, 3.05) is 6.54 Å². The van der Waals surface area contributed by atoms with Gasteiger partial charge in [-0.25, -0.2) is 4.39 Å². The Hall–Kier alpha value is -3.22. The number of nitrogens with zero attached hydrogens (tertiary/aromatic N) is 1. The number of hydrogen-bond acceptors (Lipinski definition) is 3. The highest BCUT2D eigenvalue weighted by Crippen LogP contribution is 2.35. The monoisotopic (exact) mass is 325 g/mol. The van der Waals surface area contributed by atoms with Crippen molar-refractivity contribution in [2.45, 2.75) is 6.42 Å². The van der Waals surface area contributed by atoms with Crippen molar-refractivity contribution < 1.29 is 14.1 Å². The number of hydrogen-bond donors (Lipinski definition) is 2. The zero-order valence-corrected chi connectivity index (χ0v) is 12.4. The van der Waals surface area contributed by atoms with Crippen LogP contribution in [0.15, 0.2) is 36.4 Å². The van der Waals surface area contributed by atoms with Crippen LogP contribution in [0.25, 0.3) is 22.2 Å². The van der Waals surface area contributed by atoms with E-state index in [0.29, 0.717) is 29.4 Å². The molecular formula is C17H12FN3O3. The Labute approximate surface area is 135 Å². The minimum absolute atomic E-state index is 0.00399. The first kappa shape index (κ1) is 14.4. The van der Waals surface area contributed by atoms with Gasteiger partial charge in [0.05, 0.1) is 10.5 Å². The van der Waals surface area contributed by atoms with Crippen LogP contribution in [0.5, 0.6) is 0 Å². The molecule has 0 bridgehead atoms. The van der Waals surface area contributed by atoms with E-state index in [2.05, 4.69) is 10.3 Å². The number of nitro groups is 1. The fraction of sp³-hybridized carbons (Fsp3) is 0.118. The first-order chi connectivity index (χ1) is 11.5. The van der Waals surface area contributed by atoms with Crippen molar-refractivity contribution in [1.29, 1.82) is 0 Å². The molecule has 0 spiro atoms. The lowest BCUT2D eigenvalue weighted by Crippen LogP contribution is -2.23. The number of nitro benzene ring substituents is 1. The van der Waals surface area contributed by atoms with E-state index in [0.717, 1.165) is 16.8 Å². The minimum atomic E-state index is -0.488. The van der Waals surface area contributed by atoms with E-state index < -0.39 is 10.7 Å². The van der Waals surface area contributed by atoms with E-state index in [1.165, 1.54) is 24.3 Å². The van der Waals surface area contributed by atoms with Gasteiger partial charge in [-0.2, -0.15) is 0 Å². The molecule has 0 atom stereocenters. The number of rotatable bonds is 2. The number of non-ortho nitro benzene ring substituents is 1. The van der Waals surface area contributed by atoms with E-state index in [-0.39, 0.29) is 11.6 Å². The van der Waals surface area contributed by atoms with Gasteiger partial charge in [-0.1, -0.05) is 0 Å². The van der Waals surface area contributed by atoms with Crippen LogP contribution < -0.4 is 5.32 Å². The molecule has 7 heteroatoms. The van der Waals surface area contributed by atoms with Gasteiger partial charge >= 0.3 is 0 Å². The van der Waals surface area contributed by atoms with Crippen molar-refractivity contribution in [3.8, 4) is 11.3 Å². The second-order valence-electron chi connectivity index (χ2n) is 5.66. The van der Waals surface area contributed by atoms with Crippen LogP contribution in [0.3, 0.4) is 0 Å². The number of aromatic amines is 1. The third-order valence-electron chi connectivity index (χ3n) is 4.24. The van der Waals surface area contributed by atoms with Crippen LogP contribution in [0.1, 0.15) is 15.9 Å². The van der Waals surface area contributed by atoms with Gasteiger partial charge in [0.2, 0.25) is 0 Å². The summed E-state index contributed by atoms with van der Waals surface area (Å²) in [7, 11) is 0. The second kappa shape index (κ2) is 5.16. The molecule has 0 unspecified atom stereocenters. The molecule has 3 aromatic rings. The third kappa shape index (κ3) is 2.13. The van der Waals surface area contributed by atoms with E-state index in [1.807, 2.05) is 0 Å². The molecule has 1 amide bonds. The van der Waals surface area contributed by atoms with Gasteiger partial charge < -0.3 is 10.3 Å². The van der Waals surface area contributed by atoms with Crippen LogP contribution in [-0.2, 0) is 6.42 Å². The van der Waals surface area contributed by atoms with Crippen LogP contribution in [0.2, 0.25) is 0 Å². The summed E-state index contributed by atoms with van der Waals surface area (Å²) in [6.07, 6.45) is 0.594. The molecule has 0 saturated carbocycles. The van der Waals surface area contributed by atoms with E-state index in [1.54, 1.807) is 12.1 Å². The maximum Gasteiger partial charge on any atom is 0.269 e. The summed E-state index contributed by atoms with van der Waals surface area (Å²) in [4.78, 5) is 25.6. The molecule has 2 aromatic carbocycles. The second-order valence-corrected chi connectivity index (χ2v) is 5.66. The molecule has 1 aliphatic rings. The average Bonchev–Trinajstić information content (AvgIpc) is 2.83. The summed E-state index contributed by atoms with van der Waals surface area (Å²) in [6, 6.07) is 8.74. The average molecular weight is 325 g/mol. The van der Waals surface area contributed by atoms with Gasteiger partial charge in [0, 0.05) is 35.3 Å². The molecule has 2 N–H and O–H groups in total. The fourth-order valence-electron chi connectivity index (χ4n) is 3.19. The Morgan fingerprint density at radius 2 is 1.92 bits per heavy atom. The summed E-state index contributed by atoms with van der Waals surface area (Å²) < 4.78 is 13.8. The number of amides is 1. The number of benzene rings is 2. The first-order valence-corrected chi connectivity index (χ1v) is 7.42. The quantitative estimate of drug-likeness (QED) is 0.560. The molecule has 4 rings (SSSR count). The molecule has 120 valence electrons. The van der Waals surface area contributed by atoms with Gasteiger partial charge in [0.15, 0.2) is 0 Å². The lowest BCUT2D eigenvalue weighted by molar-refractivity contribution is -0.384. The van der Waals surface area contributed by atoms with Crippen molar-refractivity contribution in [3.05, 3.63) is 63.5 Å². The molecular weight excluding hydrogens is 313 g/mol. The lowest BCUT2D eigenvalue weighted by Gasteiger charge is -2.04. The first-order valence-electron chi connectivity index (χ1n) is 7.42. The van der Waals surface area contributed by atoms with E-state index >= 15 is 0 Å². The van der Waals surface area contributed by atoms with Gasteiger partial charge in [-0.05, 0) is 41.8 Å². The van der Waals surface area contributed by atoms with Crippen molar-refractivity contribution in [2.24, 2.45) is 0 Å². The molecule has 1 aromatic heterocycles. The molecule has 1 aliphatic heterocycles. The molecule has 0 radical (unpaired) electrons. The Balaban J connectivity index is 1.96. The highest BCUT2D eigenvalue weighted by atomic mass is 19.1. The van der Waals surface area contributed by atoms with Crippen LogP contribution in [0, 0.1) is 15.9 Å². The third-order valence-corrected chi connectivity index (χ3v) is 4.24. The lowest BCUT2D eigenvalue weighted by atomic mass is 10.00. The maximum atomic E-state index is 13.8. The Bertz CT molecular complexity index is 992. The van der Waals surface area contributed by atoms with Gasteiger partial charge in [-0.3, -0.25) is 14.9 Å².